The van der Waals surface area contributed by atoms with Crippen LogP contribution in [0.3, 0.4) is 0 Å². The number of aromatic nitrogens is 1. The molecule has 2 rings (SSSR count). The molecule has 0 aliphatic rings. The highest BCUT2D eigenvalue weighted by atomic mass is 16.1. The third kappa shape index (κ3) is 2.29. The summed E-state index contributed by atoms with van der Waals surface area (Å²) in [6.07, 6.45) is 3.98. The van der Waals surface area contributed by atoms with Gasteiger partial charge in [-0.05, 0) is 23.8 Å². The second kappa shape index (κ2) is 4.51. The second-order valence-corrected chi connectivity index (χ2v) is 3.24. The van der Waals surface area contributed by atoms with Crippen molar-refractivity contribution in [3.63, 3.8) is 0 Å². The average Bonchev–Trinajstić information content (AvgIpc) is 2.31. The summed E-state index contributed by atoms with van der Waals surface area (Å²) < 4.78 is 0. The summed E-state index contributed by atoms with van der Waals surface area (Å²) in [7, 11) is 0. The Hall–Kier alpha value is -1.96. The number of carbonyl (C=O) groups excluding carboxylic acids is 1. The SMILES string of the molecule is O=[C]Cc1cccc(-c2ccccn2)c1. The van der Waals surface area contributed by atoms with Gasteiger partial charge in [-0.15, -0.1) is 0 Å². The van der Waals surface area contributed by atoms with E-state index in [1.165, 1.54) is 0 Å². The summed E-state index contributed by atoms with van der Waals surface area (Å²) >= 11 is 0. The zero-order valence-electron chi connectivity index (χ0n) is 8.18. The number of hydrogen-bond donors (Lipinski definition) is 0. The Balaban J connectivity index is 2.37. The molecule has 0 amide bonds. The molecule has 2 aromatic rings. The summed E-state index contributed by atoms with van der Waals surface area (Å²) in [5, 5.41) is 0. The number of rotatable bonds is 3. The van der Waals surface area contributed by atoms with Crippen LogP contribution in [0.15, 0.2) is 48.7 Å². The molecule has 0 fully saturated rings. The van der Waals surface area contributed by atoms with Crippen molar-refractivity contribution in [2.24, 2.45) is 0 Å². The van der Waals surface area contributed by atoms with E-state index in [-0.39, 0.29) is 0 Å². The first-order valence-electron chi connectivity index (χ1n) is 4.75. The minimum absolute atomic E-state index is 0.334. The molecule has 1 aromatic heterocycles. The molecule has 0 saturated heterocycles. The van der Waals surface area contributed by atoms with Crippen LogP contribution in [-0.4, -0.2) is 11.3 Å². The molecule has 0 bridgehead atoms. The Morgan fingerprint density at radius 1 is 1.13 bits per heavy atom. The summed E-state index contributed by atoms with van der Waals surface area (Å²) in [6, 6.07) is 13.6. The minimum Gasteiger partial charge on any atom is -0.291 e. The Labute approximate surface area is 88.6 Å². The zero-order chi connectivity index (χ0) is 10.5. The highest BCUT2D eigenvalue weighted by Gasteiger charge is 1.99. The van der Waals surface area contributed by atoms with E-state index < -0.39 is 0 Å². The van der Waals surface area contributed by atoms with Gasteiger partial charge in [-0.1, -0.05) is 24.3 Å². The van der Waals surface area contributed by atoms with Gasteiger partial charge in [0.2, 0.25) is 6.29 Å². The average molecular weight is 196 g/mol. The van der Waals surface area contributed by atoms with E-state index in [0.717, 1.165) is 16.8 Å². The van der Waals surface area contributed by atoms with Crippen LogP contribution in [0.1, 0.15) is 5.56 Å². The van der Waals surface area contributed by atoms with Crippen molar-refractivity contribution in [1.29, 1.82) is 0 Å². The van der Waals surface area contributed by atoms with E-state index in [2.05, 4.69) is 4.98 Å². The maximum atomic E-state index is 10.3. The van der Waals surface area contributed by atoms with Crippen LogP contribution in [0.4, 0.5) is 0 Å². The summed E-state index contributed by atoms with van der Waals surface area (Å²) in [5.74, 6) is 0. The molecule has 1 heterocycles. The fourth-order valence-electron chi connectivity index (χ4n) is 1.46. The van der Waals surface area contributed by atoms with Crippen LogP contribution >= 0.6 is 0 Å². The van der Waals surface area contributed by atoms with E-state index in [0.29, 0.717) is 6.42 Å². The molecule has 0 spiro atoms. The molecule has 0 unspecified atom stereocenters. The quantitative estimate of drug-likeness (QED) is 0.754. The van der Waals surface area contributed by atoms with Crippen molar-refractivity contribution in [3.8, 4) is 11.3 Å². The molecule has 2 nitrogen and oxygen atoms in total. The van der Waals surface area contributed by atoms with E-state index >= 15 is 0 Å². The third-order valence-electron chi connectivity index (χ3n) is 2.16. The van der Waals surface area contributed by atoms with Crippen molar-refractivity contribution in [1.82, 2.24) is 4.98 Å². The standard InChI is InChI=1S/C13H10NO/c15-9-7-11-4-3-5-12(10-11)13-6-1-2-8-14-13/h1-6,8,10H,7H2. The molecular formula is C13H10NO. The monoisotopic (exact) mass is 196 g/mol. The van der Waals surface area contributed by atoms with E-state index in [1.807, 2.05) is 48.8 Å². The molecule has 0 N–H and O–H groups in total. The fraction of sp³-hybridized carbons (Fsp3) is 0.0769. The Kier molecular flexibility index (Phi) is 2.88. The van der Waals surface area contributed by atoms with Gasteiger partial charge in [-0.3, -0.25) is 9.78 Å². The van der Waals surface area contributed by atoms with Gasteiger partial charge in [0.25, 0.3) is 0 Å². The Morgan fingerprint density at radius 2 is 2.07 bits per heavy atom. The van der Waals surface area contributed by atoms with Gasteiger partial charge in [0, 0.05) is 18.2 Å². The van der Waals surface area contributed by atoms with E-state index in [1.54, 1.807) is 6.20 Å². The van der Waals surface area contributed by atoms with Gasteiger partial charge in [-0.25, -0.2) is 0 Å². The van der Waals surface area contributed by atoms with Crippen LogP contribution in [0.25, 0.3) is 11.3 Å². The molecule has 2 heteroatoms. The van der Waals surface area contributed by atoms with Crippen LogP contribution in [0, 0.1) is 0 Å². The Morgan fingerprint density at radius 3 is 2.80 bits per heavy atom. The van der Waals surface area contributed by atoms with E-state index in [9.17, 15) is 4.79 Å². The fourth-order valence-corrected chi connectivity index (χ4v) is 1.46. The highest BCUT2D eigenvalue weighted by molar-refractivity contribution is 5.63. The lowest BCUT2D eigenvalue weighted by Gasteiger charge is -2.01. The van der Waals surface area contributed by atoms with Gasteiger partial charge in [-0.2, -0.15) is 0 Å². The first-order chi connectivity index (χ1) is 7.40. The molecule has 15 heavy (non-hydrogen) atoms. The van der Waals surface area contributed by atoms with Crippen LogP contribution in [0.5, 0.6) is 0 Å². The van der Waals surface area contributed by atoms with Crippen molar-refractivity contribution in [2.45, 2.75) is 6.42 Å². The number of hydrogen-bond acceptors (Lipinski definition) is 2. The minimum atomic E-state index is 0.334. The van der Waals surface area contributed by atoms with Crippen molar-refractivity contribution in [2.75, 3.05) is 0 Å². The predicted octanol–water partition coefficient (Wildman–Crippen LogP) is 2.40. The van der Waals surface area contributed by atoms with Crippen molar-refractivity contribution < 1.29 is 4.79 Å². The summed E-state index contributed by atoms with van der Waals surface area (Å²) in [4.78, 5) is 14.5. The molecule has 0 aliphatic carbocycles. The van der Waals surface area contributed by atoms with Gasteiger partial charge in [0.1, 0.15) is 0 Å². The molecule has 0 atom stereocenters. The van der Waals surface area contributed by atoms with Gasteiger partial charge >= 0.3 is 0 Å². The molecule has 1 aromatic carbocycles. The maximum absolute atomic E-state index is 10.3. The molecule has 73 valence electrons. The van der Waals surface area contributed by atoms with Gasteiger partial charge in [0.05, 0.1) is 5.69 Å². The smallest absolute Gasteiger partial charge is 0.203 e. The third-order valence-corrected chi connectivity index (χ3v) is 2.16. The van der Waals surface area contributed by atoms with Crippen LogP contribution in [-0.2, 0) is 11.2 Å². The second-order valence-electron chi connectivity index (χ2n) is 3.24. The van der Waals surface area contributed by atoms with Crippen LogP contribution in [0.2, 0.25) is 0 Å². The largest absolute Gasteiger partial charge is 0.291 e. The summed E-state index contributed by atoms with van der Waals surface area (Å²) in [6.45, 7) is 0. The topological polar surface area (TPSA) is 30.0 Å². The summed E-state index contributed by atoms with van der Waals surface area (Å²) in [5.41, 5.74) is 2.92. The predicted molar refractivity (Wildman–Crippen MR) is 59.1 cm³/mol. The zero-order valence-corrected chi connectivity index (χ0v) is 8.18. The lowest BCUT2D eigenvalue weighted by molar-refractivity contribution is 0.555. The van der Waals surface area contributed by atoms with Gasteiger partial charge < -0.3 is 0 Å². The molecule has 1 radical (unpaired) electrons. The first-order valence-corrected chi connectivity index (χ1v) is 4.75. The molecular weight excluding hydrogens is 186 g/mol. The first kappa shape index (κ1) is 9.59. The lowest BCUT2D eigenvalue weighted by Crippen LogP contribution is -1.87. The normalized spacial score (nSPS) is 9.87. The number of pyridine rings is 1. The molecule has 0 saturated carbocycles. The van der Waals surface area contributed by atoms with Crippen molar-refractivity contribution >= 4 is 6.29 Å². The van der Waals surface area contributed by atoms with Crippen LogP contribution < -0.4 is 0 Å². The number of nitrogens with zero attached hydrogens (tertiary/aromatic N) is 1. The highest BCUT2D eigenvalue weighted by Crippen LogP contribution is 2.17. The van der Waals surface area contributed by atoms with Crippen molar-refractivity contribution in [3.05, 3.63) is 54.2 Å². The lowest BCUT2D eigenvalue weighted by atomic mass is 10.1. The number of benzene rings is 1. The van der Waals surface area contributed by atoms with E-state index in [4.69, 9.17) is 0 Å². The van der Waals surface area contributed by atoms with Gasteiger partial charge in [0.15, 0.2) is 0 Å². The maximum Gasteiger partial charge on any atom is 0.203 e. The Bertz CT molecular complexity index is 451. The molecule has 0 aliphatic heterocycles.